The van der Waals surface area contributed by atoms with Crippen molar-refractivity contribution in [3.8, 4) is 11.5 Å². The Morgan fingerprint density at radius 1 is 1.35 bits per heavy atom. The van der Waals surface area contributed by atoms with Crippen molar-refractivity contribution in [1.82, 2.24) is 4.90 Å². The Labute approximate surface area is 139 Å². The molecule has 5 nitrogen and oxygen atoms in total. The van der Waals surface area contributed by atoms with Gasteiger partial charge in [0.15, 0.2) is 11.5 Å². The molecule has 0 radical (unpaired) electrons. The van der Waals surface area contributed by atoms with Crippen LogP contribution < -0.4 is 4.74 Å². The smallest absolute Gasteiger partial charge is 0.293 e. The number of aromatic hydroxyl groups is 1. The largest absolute Gasteiger partial charge is 0.504 e. The molecule has 1 heterocycles. The normalized spacial score (nSPS) is 16.3. The third-order valence-corrected chi connectivity index (χ3v) is 4.24. The van der Waals surface area contributed by atoms with Crippen LogP contribution in [0.5, 0.6) is 11.5 Å². The first-order valence-corrected chi connectivity index (χ1v) is 8.18. The van der Waals surface area contributed by atoms with E-state index in [9.17, 15) is 14.7 Å². The molecule has 0 saturated carbocycles. The zero-order chi connectivity index (χ0) is 17.0. The van der Waals surface area contributed by atoms with E-state index < -0.39 is 0 Å². The summed E-state index contributed by atoms with van der Waals surface area (Å²) in [5.74, 6) is 0.136. The Balaban J connectivity index is 2.43. The zero-order valence-corrected chi connectivity index (χ0v) is 14.0. The molecule has 0 aliphatic carbocycles. The van der Waals surface area contributed by atoms with Crippen LogP contribution in [0.3, 0.4) is 0 Å². The number of thioether (sulfide) groups is 1. The Kier molecular flexibility index (Phi) is 5.50. The Morgan fingerprint density at radius 2 is 2.09 bits per heavy atom. The molecule has 1 aromatic rings. The maximum Gasteiger partial charge on any atom is 0.293 e. The second-order valence-electron chi connectivity index (χ2n) is 4.88. The lowest BCUT2D eigenvalue weighted by Crippen LogP contribution is -2.27. The van der Waals surface area contributed by atoms with Gasteiger partial charge in [-0.2, -0.15) is 0 Å². The first-order chi connectivity index (χ1) is 11.0. The molecule has 1 aliphatic heterocycles. The van der Waals surface area contributed by atoms with E-state index in [-0.39, 0.29) is 16.9 Å². The Morgan fingerprint density at radius 3 is 2.65 bits per heavy atom. The van der Waals surface area contributed by atoms with Gasteiger partial charge in [-0.25, -0.2) is 0 Å². The highest BCUT2D eigenvalue weighted by atomic mass is 32.2. The van der Waals surface area contributed by atoms with Crippen LogP contribution in [0.1, 0.15) is 25.0 Å². The van der Waals surface area contributed by atoms with E-state index in [2.05, 4.69) is 6.58 Å². The molecule has 0 aromatic heterocycles. The summed E-state index contributed by atoms with van der Waals surface area (Å²) in [6, 6.07) is 3.42. The number of hydrogen-bond donors (Lipinski definition) is 1. The number of allylic oxidation sites excluding steroid dienone is 1. The molecule has 1 aliphatic rings. The molecule has 23 heavy (non-hydrogen) atoms. The van der Waals surface area contributed by atoms with E-state index in [1.807, 2.05) is 6.92 Å². The molecule has 122 valence electrons. The topological polar surface area (TPSA) is 66.8 Å². The minimum absolute atomic E-state index is 0.0746. The Hall–Kier alpha value is -2.21. The van der Waals surface area contributed by atoms with E-state index in [1.54, 1.807) is 31.2 Å². The second kappa shape index (κ2) is 7.37. The van der Waals surface area contributed by atoms with Gasteiger partial charge in [-0.3, -0.25) is 14.5 Å². The van der Waals surface area contributed by atoms with E-state index in [1.165, 1.54) is 4.90 Å². The van der Waals surface area contributed by atoms with Crippen LogP contribution in [0.2, 0.25) is 0 Å². The summed E-state index contributed by atoms with van der Waals surface area (Å²) in [5.41, 5.74) is 1.36. The lowest BCUT2D eigenvalue weighted by molar-refractivity contribution is -0.122. The maximum atomic E-state index is 12.2. The van der Waals surface area contributed by atoms with Crippen molar-refractivity contribution in [2.75, 3.05) is 13.2 Å². The number of benzene rings is 1. The van der Waals surface area contributed by atoms with Gasteiger partial charge in [0.25, 0.3) is 11.1 Å². The molecule has 0 spiro atoms. The van der Waals surface area contributed by atoms with Crippen LogP contribution in [-0.2, 0) is 11.2 Å². The summed E-state index contributed by atoms with van der Waals surface area (Å²) in [4.78, 5) is 25.5. The third-order valence-electron chi connectivity index (χ3n) is 3.33. The summed E-state index contributed by atoms with van der Waals surface area (Å²) in [7, 11) is 0. The fourth-order valence-electron chi connectivity index (χ4n) is 2.27. The summed E-state index contributed by atoms with van der Waals surface area (Å²) in [5, 5.41) is 9.92. The molecule has 1 aromatic carbocycles. The number of carbonyl (C=O) groups is 2. The fourth-order valence-corrected chi connectivity index (χ4v) is 3.18. The van der Waals surface area contributed by atoms with Crippen molar-refractivity contribution in [3.63, 3.8) is 0 Å². The van der Waals surface area contributed by atoms with Crippen LogP contribution >= 0.6 is 11.8 Å². The lowest BCUT2D eigenvalue weighted by Gasteiger charge is -2.11. The molecule has 0 bridgehead atoms. The number of hydrogen-bond acceptors (Lipinski definition) is 5. The van der Waals surface area contributed by atoms with Crippen molar-refractivity contribution in [2.24, 2.45) is 0 Å². The molecule has 0 atom stereocenters. The van der Waals surface area contributed by atoms with Gasteiger partial charge in [-0.05, 0) is 55.8 Å². The van der Waals surface area contributed by atoms with Gasteiger partial charge in [0.05, 0.1) is 11.5 Å². The number of phenols is 1. The van der Waals surface area contributed by atoms with Crippen molar-refractivity contribution >= 4 is 29.0 Å². The first kappa shape index (κ1) is 17.1. The number of amides is 2. The molecule has 1 N–H and O–H groups in total. The van der Waals surface area contributed by atoms with Gasteiger partial charge in [0.1, 0.15) is 0 Å². The van der Waals surface area contributed by atoms with E-state index >= 15 is 0 Å². The second-order valence-corrected chi connectivity index (χ2v) is 5.87. The number of carbonyl (C=O) groups excluding carboxylic acids is 2. The zero-order valence-electron chi connectivity index (χ0n) is 13.2. The highest BCUT2D eigenvalue weighted by Crippen LogP contribution is 2.36. The number of likely N-dealkylation sites (N-methyl/N-ethyl adjacent to an activating group) is 1. The number of ether oxygens (including phenoxy) is 1. The quantitative estimate of drug-likeness (QED) is 0.637. The number of phenolic OH excluding ortho intramolecular Hbond substituents is 1. The Bertz CT molecular complexity index is 681. The first-order valence-electron chi connectivity index (χ1n) is 7.36. The molecule has 2 amide bonds. The third kappa shape index (κ3) is 3.59. The summed E-state index contributed by atoms with van der Waals surface area (Å²) >= 11 is 0.919. The van der Waals surface area contributed by atoms with E-state index in [4.69, 9.17) is 4.74 Å². The minimum atomic E-state index is -0.293. The summed E-state index contributed by atoms with van der Waals surface area (Å²) in [6.07, 6.45) is 3.80. The van der Waals surface area contributed by atoms with Crippen molar-refractivity contribution in [3.05, 3.63) is 40.8 Å². The van der Waals surface area contributed by atoms with Crippen LogP contribution in [0.4, 0.5) is 4.79 Å². The van der Waals surface area contributed by atoms with Crippen molar-refractivity contribution in [2.45, 2.75) is 20.3 Å². The minimum Gasteiger partial charge on any atom is -0.504 e. The predicted molar refractivity (Wildman–Crippen MR) is 91.5 cm³/mol. The number of rotatable bonds is 6. The van der Waals surface area contributed by atoms with Gasteiger partial charge < -0.3 is 9.84 Å². The van der Waals surface area contributed by atoms with Crippen LogP contribution in [0.25, 0.3) is 6.08 Å². The van der Waals surface area contributed by atoms with Crippen LogP contribution in [0.15, 0.2) is 29.7 Å². The van der Waals surface area contributed by atoms with E-state index in [0.29, 0.717) is 41.4 Å². The summed E-state index contributed by atoms with van der Waals surface area (Å²) < 4.78 is 5.44. The fraction of sp³-hybridized carbons (Fsp3) is 0.294. The molecule has 2 rings (SSSR count). The van der Waals surface area contributed by atoms with Gasteiger partial charge in [0.2, 0.25) is 0 Å². The van der Waals surface area contributed by atoms with Gasteiger partial charge >= 0.3 is 0 Å². The van der Waals surface area contributed by atoms with Gasteiger partial charge in [-0.1, -0.05) is 6.08 Å². The summed E-state index contributed by atoms with van der Waals surface area (Å²) in [6.45, 7) is 8.02. The van der Waals surface area contributed by atoms with E-state index in [0.717, 1.165) is 11.8 Å². The van der Waals surface area contributed by atoms with Crippen LogP contribution in [-0.4, -0.2) is 34.3 Å². The molecule has 1 saturated heterocycles. The van der Waals surface area contributed by atoms with Gasteiger partial charge in [-0.15, -0.1) is 6.58 Å². The molecular weight excluding hydrogens is 314 g/mol. The SMILES string of the molecule is C=CCc1cc(/C=C2\SC(=O)N(CC)C2=O)cc(OCC)c1O. The average molecular weight is 333 g/mol. The molecule has 0 unspecified atom stereocenters. The monoisotopic (exact) mass is 333 g/mol. The molecule has 1 fully saturated rings. The highest BCUT2D eigenvalue weighted by molar-refractivity contribution is 8.18. The molecule has 6 heteroatoms. The lowest BCUT2D eigenvalue weighted by atomic mass is 10.1. The van der Waals surface area contributed by atoms with Gasteiger partial charge in [0, 0.05) is 12.1 Å². The number of imide groups is 1. The molecular formula is C17H19NO4S. The highest BCUT2D eigenvalue weighted by Gasteiger charge is 2.33. The standard InChI is InChI=1S/C17H19NO4S/c1-4-7-12-8-11(9-13(15(12)19)22-6-3)10-14-16(20)18(5-2)17(21)23-14/h4,8-10,19H,1,5-7H2,2-3H3/b14-10-. The predicted octanol–water partition coefficient (Wildman–Crippen LogP) is 3.58. The maximum absolute atomic E-state index is 12.2. The van der Waals surface area contributed by atoms with Crippen LogP contribution in [0, 0.1) is 0 Å². The van der Waals surface area contributed by atoms with Crippen molar-refractivity contribution < 1.29 is 19.4 Å². The average Bonchev–Trinajstić information content (AvgIpc) is 2.78. The van der Waals surface area contributed by atoms with Crippen molar-refractivity contribution in [1.29, 1.82) is 0 Å². The number of nitrogens with zero attached hydrogens (tertiary/aromatic N) is 1.